The summed E-state index contributed by atoms with van der Waals surface area (Å²) in [6, 6.07) is 18.3. The number of thioether (sulfide) groups is 1. The van der Waals surface area contributed by atoms with Gasteiger partial charge in [0.25, 0.3) is 5.84 Å². The Morgan fingerprint density at radius 2 is 1.92 bits per heavy atom. The number of carbonyl (C=O) groups excluding carboxylic acids is 1. The van der Waals surface area contributed by atoms with Gasteiger partial charge >= 0.3 is 5.24 Å². The normalized spacial score (nSPS) is 22.7. The Hall–Kier alpha value is -2.60. The second-order valence-electron chi connectivity index (χ2n) is 5.90. The molecule has 2 aliphatic heterocycles. The smallest absolute Gasteiger partial charge is 0.367 e. The van der Waals surface area contributed by atoms with E-state index in [1.807, 2.05) is 35.0 Å². The standard InChI is InChI=1S/C19H17N3O2S/c1-24-15-9-7-14(8-10-15)17-11-16(13-5-3-2-4-6-13)21-22(17)18-12-25-19(23)20-18/h2-10,17H,11-12H2,1H3/p+1/t17-/m0/s1. The molecule has 2 aromatic rings. The molecule has 0 aliphatic carbocycles. The largest absolute Gasteiger partial charge is 0.497 e. The molecule has 25 heavy (non-hydrogen) atoms. The van der Waals surface area contributed by atoms with Gasteiger partial charge < -0.3 is 4.74 Å². The Balaban J connectivity index is 1.74. The van der Waals surface area contributed by atoms with Crippen molar-refractivity contribution in [2.45, 2.75) is 12.5 Å². The van der Waals surface area contributed by atoms with E-state index in [0.29, 0.717) is 5.75 Å². The third-order valence-corrected chi connectivity index (χ3v) is 5.16. The quantitative estimate of drug-likeness (QED) is 0.861. The molecule has 1 atom stereocenters. The molecule has 2 aliphatic rings. The minimum absolute atomic E-state index is 0.0214. The maximum Gasteiger partial charge on any atom is 0.367 e. The number of benzene rings is 2. The van der Waals surface area contributed by atoms with Gasteiger partial charge in [-0.1, -0.05) is 47.6 Å². The highest BCUT2D eigenvalue weighted by molar-refractivity contribution is 8.14. The molecule has 0 spiro atoms. The molecule has 0 aromatic heterocycles. The van der Waals surface area contributed by atoms with E-state index in [-0.39, 0.29) is 11.3 Å². The highest BCUT2D eigenvalue weighted by Gasteiger charge is 2.37. The van der Waals surface area contributed by atoms with Crippen LogP contribution in [0.2, 0.25) is 0 Å². The van der Waals surface area contributed by atoms with E-state index in [9.17, 15) is 4.79 Å². The van der Waals surface area contributed by atoms with Crippen molar-refractivity contribution in [1.29, 1.82) is 0 Å². The molecule has 5 nitrogen and oxygen atoms in total. The Morgan fingerprint density at radius 1 is 1.16 bits per heavy atom. The molecule has 2 heterocycles. The summed E-state index contributed by atoms with van der Waals surface area (Å²) < 4.78 is 7.22. The molecule has 0 unspecified atom stereocenters. The lowest BCUT2D eigenvalue weighted by Gasteiger charge is -2.11. The summed E-state index contributed by atoms with van der Waals surface area (Å²) in [5.41, 5.74) is 3.29. The van der Waals surface area contributed by atoms with Crippen molar-refractivity contribution in [2.24, 2.45) is 5.10 Å². The topological polar surface area (TPSA) is 53.7 Å². The highest BCUT2D eigenvalue weighted by atomic mass is 32.2. The van der Waals surface area contributed by atoms with Crippen LogP contribution in [0.4, 0.5) is 4.79 Å². The van der Waals surface area contributed by atoms with Gasteiger partial charge in [-0.15, -0.1) is 4.68 Å². The fourth-order valence-electron chi connectivity index (χ4n) is 3.10. The van der Waals surface area contributed by atoms with Gasteiger partial charge in [0, 0.05) is 6.42 Å². The Kier molecular flexibility index (Phi) is 4.28. The van der Waals surface area contributed by atoms with Gasteiger partial charge in [0.1, 0.15) is 11.5 Å². The van der Waals surface area contributed by atoms with E-state index < -0.39 is 0 Å². The number of rotatable bonds is 3. The fraction of sp³-hybridized carbons (Fsp3) is 0.211. The molecule has 6 heteroatoms. The van der Waals surface area contributed by atoms with E-state index in [2.05, 4.69) is 29.6 Å². The monoisotopic (exact) mass is 352 g/mol. The first-order chi connectivity index (χ1) is 12.2. The molecule has 2 aromatic carbocycles. The first kappa shape index (κ1) is 15.9. The molecule has 1 fully saturated rings. The number of nitrogens with zero attached hydrogens (tertiary/aromatic N) is 2. The number of hydrogen-bond donors (Lipinski definition) is 1. The summed E-state index contributed by atoms with van der Waals surface area (Å²) in [5.74, 6) is 2.30. The maximum atomic E-state index is 11.6. The molecule has 0 saturated carbocycles. The van der Waals surface area contributed by atoms with Crippen molar-refractivity contribution in [3.8, 4) is 5.75 Å². The Morgan fingerprint density at radius 3 is 2.56 bits per heavy atom. The lowest BCUT2D eigenvalue weighted by molar-refractivity contribution is -0.569. The zero-order valence-corrected chi connectivity index (χ0v) is 14.6. The van der Waals surface area contributed by atoms with E-state index in [4.69, 9.17) is 9.84 Å². The van der Waals surface area contributed by atoms with Crippen LogP contribution < -0.4 is 10.1 Å². The molecule has 1 N–H and O–H groups in total. The Labute approximate surface area is 150 Å². The van der Waals surface area contributed by atoms with Gasteiger partial charge in [0.2, 0.25) is 0 Å². The summed E-state index contributed by atoms with van der Waals surface area (Å²) in [7, 11) is 1.66. The molecule has 0 radical (unpaired) electrons. The second-order valence-corrected chi connectivity index (χ2v) is 6.85. The predicted molar refractivity (Wildman–Crippen MR) is 99.6 cm³/mol. The average Bonchev–Trinajstić information content (AvgIpc) is 3.29. The summed E-state index contributed by atoms with van der Waals surface area (Å²) in [4.78, 5) is 11.6. The van der Waals surface area contributed by atoms with Crippen LogP contribution >= 0.6 is 11.8 Å². The fourth-order valence-corrected chi connectivity index (χ4v) is 3.76. The number of carbonyl (C=O) groups is 1. The van der Waals surface area contributed by atoms with E-state index in [1.54, 1.807) is 7.11 Å². The number of hydrogen-bond acceptors (Lipinski definition) is 4. The van der Waals surface area contributed by atoms with Crippen molar-refractivity contribution in [3.05, 3.63) is 65.7 Å². The number of ether oxygens (including phenoxy) is 1. The SMILES string of the molecule is COc1ccc([C@@H]2CC(c3ccccc3)=N/[N+]2=C2\CSC(=O)N2)cc1. The predicted octanol–water partition coefficient (Wildman–Crippen LogP) is 3.41. The van der Waals surface area contributed by atoms with Gasteiger partial charge in [0.05, 0.1) is 12.8 Å². The van der Waals surface area contributed by atoms with Crippen molar-refractivity contribution >= 4 is 28.5 Å². The van der Waals surface area contributed by atoms with Crippen molar-refractivity contribution in [3.63, 3.8) is 0 Å². The van der Waals surface area contributed by atoms with Crippen LogP contribution in [-0.4, -0.2) is 34.3 Å². The number of amides is 1. The van der Waals surface area contributed by atoms with E-state index >= 15 is 0 Å². The molecule has 1 saturated heterocycles. The number of hydrazone groups is 1. The molecule has 0 bridgehead atoms. The van der Waals surface area contributed by atoms with Crippen molar-refractivity contribution in [2.75, 3.05) is 12.9 Å². The second kappa shape index (κ2) is 6.72. The minimum Gasteiger partial charge on any atom is -0.497 e. The van der Waals surface area contributed by atoms with Crippen LogP contribution in [-0.2, 0) is 0 Å². The lowest BCUT2D eigenvalue weighted by atomic mass is 9.99. The summed E-state index contributed by atoms with van der Waals surface area (Å²) >= 11 is 1.27. The van der Waals surface area contributed by atoms with Gasteiger partial charge in [0.15, 0.2) is 6.04 Å². The highest BCUT2D eigenvalue weighted by Crippen LogP contribution is 2.31. The Bertz CT molecular complexity index is 860. The number of amidine groups is 1. The van der Waals surface area contributed by atoms with Crippen molar-refractivity contribution < 1.29 is 14.2 Å². The van der Waals surface area contributed by atoms with Crippen LogP contribution in [0, 0.1) is 0 Å². The zero-order chi connectivity index (χ0) is 17.2. The van der Waals surface area contributed by atoms with Crippen LogP contribution in [0.15, 0.2) is 59.7 Å². The molecule has 4 rings (SSSR count). The first-order valence-electron chi connectivity index (χ1n) is 8.10. The van der Waals surface area contributed by atoms with Crippen molar-refractivity contribution in [1.82, 2.24) is 5.32 Å². The lowest BCUT2D eigenvalue weighted by Crippen LogP contribution is -2.29. The first-order valence-corrected chi connectivity index (χ1v) is 9.09. The molecular formula is C19H18N3O2S+. The van der Waals surface area contributed by atoms with E-state index in [0.717, 1.165) is 34.8 Å². The van der Waals surface area contributed by atoms with Crippen LogP contribution in [0.1, 0.15) is 23.6 Å². The summed E-state index contributed by atoms with van der Waals surface area (Å²) in [6.45, 7) is 0. The van der Waals surface area contributed by atoms with E-state index in [1.165, 1.54) is 11.8 Å². The van der Waals surface area contributed by atoms with Crippen LogP contribution in [0.3, 0.4) is 0 Å². The zero-order valence-electron chi connectivity index (χ0n) is 13.8. The van der Waals surface area contributed by atoms with Gasteiger partial charge in [-0.25, -0.2) is 10.1 Å². The number of nitrogens with one attached hydrogen (secondary N) is 1. The maximum absolute atomic E-state index is 11.6. The van der Waals surface area contributed by atoms with Gasteiger partial charge in [-0.05, 0) is 35.0 Å². The number of methoxy groups -OCH3 is 1. The minimum atomic E-state index is -0.0214. The summed E-state index contributed by atoms with van der Waals surface area (Å²) in [5, 5.41) is 7.73. The van der Waals surface area contributed by atoms with Gasteiger partial charge in [-0.3, -0.25) is 0 Å². The molecule has 126 valence electrons. The molecular weight excluding hydrogens is 334 g/mol. The third kappa shape index (κ3) is 3.17. The van der Waals surface area contributed by atoms with Gasteiger partial charge in [-0.2, -0.15) is 0 Å². The third-order valence-electron chi connectivity index (χ3n) is 4.38. The summed E-state index contributed by atoms with van der Waals surface area (Å²) in [6.07, 6.45) is 0.792. The van der Waals surface area contributed by atoms with Crippen LogP contribution in [0.5, 0.6) is 5.75 Å². The van der Waals surface area contributed by atoms with Crippen LogP contribution in [0.25, 0.3) is 0 Å². The molecule has 1 amide bonds. The average molecular weight is 352 g/mol.